The van der Waals surface area contributed by atoms with Crippen molar-refractivity contribution < 1.29 is 13.9 Å². The van der Waals surface area contributed by atoms with Crippen LogP contribution in [0.2, 0.25) is 0 Å². The van der Waals surface area contributed by atoms with Crippen molar-refractivity contribution in [3.05, 3.63) is 35.7 Å². The molecular formula is C15H20N2O3. The van der Waals surface area contributed by atoms with Crippen LogP contribution in [-0.4, -0.2) is 22.8 Å². The zero-order chi connectivity index (χ0) is 15.0. The molecule has 0 radical (unpaired) electrons. The van der Waals surface area contributed by atoms with Crippen molar-refractivity contribution in [1.29, 1.82) is 0 Å². The number of rotatable bonds is 4. The third kappa shape index (κ3) is 4.50. The van der Waals surface area contributed by atoms with Crippen molar-refractivity contribution in [2.24, 2.45) is 0 Å². The molecule has 0 spiro atoms. The van der Waals surface area contributed by atoms with Gasteiger partial charge in [0.25, 0.3) is 0 Å². The van der Waals surface area contributed by atoms with Crippen molar-refractivity contribution in [1.82, 2.24) is 10.2 Å². The van der Waals surface area contributed by atoms with Crippen LogP contribution in [-0.2, 0) is 16.0 Å². The molecule has 1 aromatic carbocycles. The number of hydrogen-bond acceptors (Lipinski definition) is 5. The molecule has 0 unspecified atom stereocenters. The molecule has 1 aromatic heterocycles. The first-order chi connectivity index (χ1) is 9.69. The summed E-state index contributed by atoms with van der Waals surface area (Å²) in [5, 5.41) is 7.72. The van der Waals surface area contributed by atoms with E-state index in [2.05, 4.69) is 10.2 Å². The maximum atomic E-state index is 11.3. The van der Waals surface area contributed by atoms with E-state index in [1.165, 1.54) is 0 Å². The molecule has 20 heavy (non-hydrogen) atoms. The topological polar surface area (TPSA) is 65.2 Å². The number of benzene rings is 1. The van der Waals surface area contributed by atoms with E-state index in [4.69, 9.17) is 9.15 Å². The van der Waals surface area contributed by atoms with Crippen molar-refractivity contribution in [2.75, 3.05) is 6.61 Å². The monoisotopic (exact) mass is 276 g/mol. The van der Waals surface area contributed by atoms with Crippen molar-refractivity contribution >= 4 is 5.97 Å². The van der Waals surface area contributed by atoms with Gasteiger partial charge in [0.15, 0.2) is 0 Å². The second-order valence-electron chi connectivity index (χ2n) is 3.85. The number of aromatic nitrogens is 2. The number of carbonyl (C=O) groups excluding carboxylic acids is 1. The summed E-state index contributed by atoms with van der Waals surface area (Å²) in [7, 11) is 0. The van der Waals surface area contributed by atoms with E-state index in [0.29, 0.717) is 12.5 Å². The number of nitrogens with zero attached hydrogens (tertiary/aromatic N) is 2. The highest BCUT2D eigenvalue weighted by molar-refractivity contribution is 5.71. The van der Waals surface area contributed by atoms with Gasteiger partial charge >= 0.3 is 5.97 Å². The molecule has 2 rings (SSSR count). The Morgan fingerprint density at radius 3 is 2.45 bits per heavy atom. The van der Waals surface area contributed by atoms with Crippen LogP contribution in [0.4, 0.5) is 0 Å². The Labute approximate surface area is 119 Å². The minimum atomic E-state index is -0.364. The lowest BCUT2D eigenvalue weighted by molar-refractivity contribution is -0.142. The van der Waals surface area contributed by atoms with Gasteiger partial charge in [-0.2, -0.15) is 0 Å². The van der Waals surface area contributed by atoms with E-state index in [0.717, 1.165) is 11.1 Å². The first-order valence-corrected chi connectivity index (χ1v) is 6.74. The number of ether oxygens (including phenoxy) is 1. The Morgan fingerprint density at radius 2 is 1.85 bits per heavy atom. The fourth-order valence-corrected chi connectivity index (χ4v) is 1.47. The van der Waals surface area contributed by atoms with Gasteiger partial charge < -0.3 is 9.15 Å². The number of carbonyl (C=O) groups is 1. The zero-order valence-electron chi connectivity index (χ0n) is 12.3. The summed E-state index contributed by atoms with van der Waals surface area (Å²) in [6.45, 7) is 8.10. The van der Waals surface area contributed by atoms with Gasteiger partial charge in [-0.3, -0.25) is 4.79 Å². The van der Waals surface area contributed by atoms with E-state index in [9.17, 15) is 4.79 Å². The lowest BCUT2D eigenvalue weighted by atomic mass is 10.1. The van der Waals surface area contributed by atoms with Crippen LogP contribution >= 0.6 is 0 Å². The molecule has 0 aliphatic rings. The molecule has 108 valence electrons. The van der Waals surface area contributed by atoms with Crippen molar-refractivity contribution in [3.8, 4) is 11.5 Å². The number of esters is 1. The second-order valence-corrected chi connectivity index (χ2v) is 3.85. The lowest BCUT2D eigenvalue weighted by Crippen LogP contribution is -2.07. The van der Waals surface area contributed by atoms with Gasteiger partial charge in [0.05, 0.1) is 6.61 Å². The molecule has 0 amide bonds. The van der Waals surface area contributed by atoms with Gasteiger partial charge in [-0.15, -0.1) is 10.2 Å². The average Bonchev–Trinajstić information content (AvgIpc) is 2.90. The molecule has 5 nitrogen and oxygen atoms in total. The lowest BCUT2D eigenvalue weighted by Gasteiger charge is -1.97. The molecule has 0 atom stereocenters. The maximum absolute atomic E-state index is 11.3. The predicted octanol–water partition coefficient (Wildman–Crippen LogP) is 3.18. The molecule has 0 fully saturated rings. The maximum Gasteiger partial charge on any atom is 0.315 e. The highest BCUT2D eigenvalue weighted by atomic mass is 16.5. The van der Waals surface area contributed by atoms with Crippen molar-refractivity contribution in [3.63, 3.8) is 0 Å². The van der Waals surface area contributed by atoms with Gasteiger partial charge in [-0.25, -0.2) is 0 Å². The molecule has 0 N–H and O–H groups in total. The molecule has 5 heteroatoms. The molecule has 0 bridgehead atoms. The summed E-state index contributed by atoms with van der Waals surface area (Å²) in [5.74, 6) is 0.315. The van der Waals surface area contributed by atoms with Crippen LogP contribution in [0.3, 0.4) is 0 Å². The fourth-order valence-electron chi connectivity index (χ4n) is 1.47. The summed E-state index contributed by atoms with van der Waals surface area (Å²) in [4.78, 5) is 11.3. The Morgan fingerprint density at radius 1 is 1.20 bits per heavy atom. The molecule has 0 aliphatic heterocycles. The Bertz CT molecular complexity index is 532. The number of hydrogen-bond donors (Lipinski definition) is 0. The minimum Gasteiger partial charge on any atom is -0.466 e. The summed E-state index contributed by atoms with van der Waals surface area (Å²) >= 11 is 0. The van der Waals surface area contributed by atoms with E-state index in [1.54, 1.807) is 6.92 Å². The van der Waals surface area contributed by atoms with E-state index < -0.39 is 0 Å². The number of aryl methyl sites for hydroxylation is 1. The zero-order valence-corrected chi connectivity index (χ0v) is 12.3. The van der Waals surface area contributed by atoms with E-state index >= 15 is 0 Å². The van der Waals surface area contributed by atoms with E-state index in [1.807, 2.05) is 45.0 Å². The van der Waals surface area contributed by atoms with Crippen LogP contribution in [0.5, 0.6) is 0 Å². The van der Waals surface area contributed by atoms with Gasteiger partial charge in [-0.05, 0) is 26.0 Å². The summed E-state index contributed by atoms with van der Waals surface area (Å²) in [6.07, 6.45) is 0.00665. The summed E-state index contributed by atoms with van der Waals surface area (Å²) in [5.41, 5.74) is 1.99. The highest BCUT2D eigenvalue weighted by Crippen LogP contribution is 2.18. The minimum absolute atomic E-state index is 0.00665. The largest absolute Gasteiger partial charge is 0.466 e. The Hall–Kier alpha value is -2.17. The van der Waals surface area contributed by atoms with E-state index in [-0.39, 0.29) is 18.3 Å². The predicted molar refractivity (Wildman–Crippen MR) is 76.2 cm³/mol. The molecule has 1 heterocycles. The van der Waals surface area contributed by atoms with Gasteiger partial charge in [0, 0.05) is 5.56 Å². The van der Waals surface area contributed by atoms with Gasteiger partial charge in [0.2, 0.25) is 11.8 Å². The summed E-state index contributed by atoms with van der Waals surface area (Å²) < 4.78 is 10.2. The van der Waals surface area contributed by atoms with Gasteiger partial charge in [-0.1, -0.05) is 31.5 Å². The van der Waals surface area contributed by atoms with Crippen LogP contribution in [0.25, 0.3) is 11.5 Å². The average molecular weight is 276 g/mol. The molecule has 0 saturated carbocycles. The molecule has 0 aliphatic carbocycles. The third-order valence-electron chi connectivity index (χ3n) is 2.37. The highest BCUT2D eigenvalue weighted by Gasteiger charge is 2.12. The SMILES string of the molecule is CC.CCOC(=O)Cc1nnc(-c2ccc(C)cc2)o1. The summed E-state index contributed by atoms with van der Waals surface area (Å²) in [6, 6.07) is 7.73. The van der Waals surface area contributed by atoms with Crippen molar-refractivity contribution in [2.45, 2.75) is 34.1 Å². The van der Waals surface area contributed by atoms with Crippen LogP contribution in [0.1, 0.15) is 32.2 Å². The first kappa shape index (κ1) is 15.9. The molecule has 2 aromatic rings. The normalized spacial score (nSPS) is 9.60. The van der Waals surface area contributed by atoms with Crippen LogP contribution in [0, 0.1) is 6.92 Å². The third-order valence-corrected chi connectivity index (χ3v) is 2.37. The smallest absolute Gasteiger partial charge is 0.315 e. The van der Waals surface area contributed by atoms with Gasteiger partial charge in [0.1, 0.15) is 6.42 Å². The van der Waals surface area contributed by atoms with Crippen LogP contribution in [0.15, 0.2) is 28.7 Å². The molecular weight excluding hydrogens is 256 g/mol. The molecule has 0 saturated heterocycles. The standard InChI is InChI=1S/C13H14N2O3.C2H6/c1-3-17-12(16)8-11-14-15-13(18-11)10-6-4-9(2)5-7-10;1-2/h4-7H,3,8H2,1-2H3;1-2H3. The van der Waals surface area contributed by atoms with Crippen LogP contribution < -0.4 is 0 Å². The fraction of sp³-hybridized carbons (Fsp3) is 0.400. The Balaban J connectivity index is 0.000000956. The Kier molecular flexibility index (Phi) is 6.43. The first-order valence-electron chi connectivity index (χ1n) is 6.74. The second kappa shape index (κ2) is 8.09. The quantitative estimate of drug-likeness (QED) is 0.802.